The van der Waals surface area contributed by atoms with E-state index in [-0.39, 0.29) is 22.1 Å². The van der Waals surface area contributed by atoms with Gasteiger partial charge in [-0.2, -0.15) is 0 Å². The van der Waals surface area contributed by atoms with E-state index in [4.69, 9.17) is 16.0 Å². The van der Waals surface area contributed by atoms with Crippen LogP contribution in [0, 0.1) is 10.1 Å². The Morgan fingerprint density at radius 2 is 2.04 bits per heavy atom. The number of halogens is 2. The molecule has 7 nitrogen and oxygen atoms in total. The van der Waals surface area contributed by atoms with Crippen molar-refractivity contribution in [3.05, 3.63) is 66.4 Å². The minimum absolute atomic E-state index is 0.106. The van der Waals surface area contributed by atoms with Crippen molar-refractivity contribution in [3.8, 4) is 11.4 Å². The number of non-ortho nitro benzene ring substituents is 1. The van der Waals surface area contributed by atoms with Crippen LogP contribution < -0.4 is 5.56 Å². The number of aromatic amines is 1. The molecule has 1 N–H and O–H groups in total. The van der Waals surface area contributed by atoms with Gasteiger partial charge in [0.15, 0.2) is 0 Å². The van der Waals surface area contributed by atoms with Gasteiger partial charge in [0.2, 0.25) is 5.58 Å². The maximum Gasteiger partial charge on any atom is 0.294 e. The second kappa shape index (κ2) is 5.68. The van der Waals surface area contributed by atoms with E-state index in [9.17, 15) is 14.9 Å². The maximum absolute atomic E-state index is 12.4. The average molecular weight is 421 g/mol. The zero-order chi connectivity index (χ0) is 17.7. The SMILES string of the molecule is O=c1[nH]c(-c2ccc([N+](=O)[O-])cc2Cl)nc2c1oc1ccc(Br)cc12. The summed E-state index contributed by atoms with van der Waals surface area (Å²) in [4.78, 5) is 29.7. The highest BCUT2D eigenvalue weighted by Crippen LogP contribution is 2.32. The number of H-pyrrole nitrogens is 1. The largest absolute Gasteiger partial charge is 0.449 e. The number of benzene rings is 2. The molecule has 0 fully saturated rings. The first kappa shape index (κ1) is 15.8. The van der Waals surface area contributed by atoms with Crippen LogP contribution in [0.25, 0.3) is 33.5 Å². The first-order valence-electron chi connectivity index (χ1n) is 7.00. The Hall–Kier alpha value is -2.71. The Morgan fingerprint density at radius 1 is 1.24 bits per heavy atom. The number of nitrogens with zero attached hydrogens (tertiary/aromatic N) is 2. The molecule has 0 spiro atoms. The van der Waals surface area contributed by atoms with Crippen LogP contribution in [0.1, 0.15) is 0 Å². The lowest BCUT2D eigenvalue weighted by molar-refractivity contribution is -0.384. The quantitative estimate of drug-likeness (QED) is 0.375. The topological polar surface area (TPSA) is 102 Å². The number of furan rings is 1. The van der Waals surface area contributed by atoms with Gasteiger partial charge in [0.25, 0.3) is 11.2 Å². The number of aromatic nitrogens is 2. The second-order valence-electron chi connectivity index (χ2n) is 5.26. The first-order chi connectivity index (χ1) is 11.9. The fourth-order valence-corrected chi connectivity index (χ4v) is 3.19. The second-order valence-corrected chi connectivity index (χ2v) is 6.58. The van der Waals surface area contributed by atoms with Crippen LogP contribution >= 0.6 is 27.5 Å². The molecule has 0 unspecified atom stereocenters. The fraction of sp³-hybridized carbons (Fsp3) is 0. The molecule has 9 heteroatoms. The van der Waals surface area contributed by atoms with E-state index in [0.717, 1.165) is 4.47 Å². The van der Waals surface area contributed by atoms with E-state index >= 15 is 0 Å². The number of rotatable bonds is 2. The van der Waals surface area contributed by atoms with Gasteiger partial charge < -0.3 is 9.40 Å². The van der Waals surface area contributed by atoms with Gasteiger partial charge in [-0.05, 0) is 24.3 Å². The molecular weight excluding hydrogens is 414 g/mol. The molecule has 4 aromatic rings. The van der Waals surface area contributed by atoms with Crippen molar-refractivity contribution in [3.63, 3.8) is 0 Å². The average Bonchev–Trinajstić information content (AvgIpc) is 2.93. The molecule has 25 heavy (non-hydrogen) atoms. The van der Waals surface area contributed by atoms with Crippen LogP contribution in [-0.2, 0) is 0 Å². The standard InChI is InChI=1S/C16H7BrClN3O4/c17-7-1-4-12-10(5-7)13-14(25-12)16(22)20-15(19-13)9-3-2-8(21(23)24)6-11(9)18/h1-6H,(H,19,20,22). The molecule has 0 saturated heterocycles. The van der Waals surface area contributed by atoms with Crippen LogP contribution in [0.5, 0.6) is 0 Å². The van der Waals surface area contributed by atoms with E-state index in [1.54, 1.807) is 18.2 Å². The van der Waals surface area contributed by atoms with E-state index < -0.39 is 10.5 Å². The Kier molecular flexibility index (Phi) is 3.59. The lowest BCUT2D eigenvalue weighted by Crippen LogP contribution is -2.08. The van der Waals surface area contributed by atoms with Crippen LogP contribution in [0.3, 0.4) is 0 Å². The van der Waals surface area contributed by atoms with E-state index in [0.29, 0.717) is 22.0 Å². The van der Waals surface area contributed by atoms with Gasteiger partial charge in [-0.1, -0.05) is 27.5 Å². The highest BCUT2D eigenvalue weighted by molar-refractivity contribution is 9.10. The summed E-state index contributed by atoms with van der Waals surface area (Å²) in [7, 11) is 0. The number of hydrogen-bond donors (Lipinski definition) is 1. The zero-order valence-corrected chi connectivity index (χ0v) is 14.6. The van der Waals surface area contributed by atoms with Gasteiger partial charge in [0.05, 0.1) is 9.95 Å². The third-order valence-electron chi connectivity index (χ3n) is 3.70. The van der Waals surface area contributed by atoms with Gasteiger partial charge in [0, 0.05) is 27.6 Å². The van der Waals surface area contributed by atoms with E-state index in [1.807, 2.05) is 0 Å². The molecular formula is C16H7BrClN3O4. The summed E-state index contributed by atoms with van der Waals surface area (Å²) in [5, 5.41) is 11.6. The first-order valence-corrected chi connectivity index (χ1v) is 8.17. The van der Waals surface area contributed by atoms with Crippen LogP contribution in [0.4, 0.5) is 5.69 Å². The lowest BCUT2D eigenvalue weighted by atomic mass is 10.2. The van der Waals surface area contributed by atoms with E-state index in [2.05, 4.69) is 25.9 Å². The third-order valence-corrected chi connectivity index (χ3v) is 4.51. The highest BCUT2D eigenvalue weighted by Gasteiger charge is 2.17. The number of hydrogen-bond acceptors (Lipinski definition) is 5. The summed E-state index contributed by atoms with van der Waals surface area (Å²) < 4.78 is 6.38. The van der Waals surface area contributed by atoms with Crippen LogP contribution in [-0.4, -0.2) is 14.9 Å². The van der Waals surface area contributed by atoms with Crippen molar-refractivity contribution < 1.29 is 9.34 Å². The summed E-state index contributed by atoms with van der Waals surface area (Å²) in [6, 6.07) is 9.30. The Bertz CT molecular complexity index is 1230. The van der Waals surface area contributed by atoms with Crippen molar-refractivity contribution in [2.75, 3.05) is 0 Å². The van der Waals surface area contributed by atoms with Gasteiger partial charge >= 0.3 is 0 Å². The molecule has 0 radical (unpaired) electrons. The minimum atomic E-state index is -0.545. The summed E-state index contributed by atoms with van der Waals surface area (Å²) >= 11 is 9.51. The summed E-state index contributed by atoms with van der Waals surface area (Å²) in [5.74, 6) is 0.208. The third kappa shape index (κ3) is 2.59. The van der Waals surface area contributed by atoms with Gasteiger partial charge in [-0.15, -0.1) is 0 Å². The van der Waals surface area contributed by atoms with Crippen molar-refractivity contribution in [1.82, 2.24) is 9.97 Å². The van der Waals surface area contributed by atoms with Crippen molar-refractivity contribution in [2.24, 2.45) is 0 Å². The zero-order valence-electron chi connectivity index (χ0n) is 12.2. The minimum Gasteiger partial charge on any atom is -0.449 e. The van der Waals surface area contributed by atoms with Gasteiger partial charge in [-0.25, -0.2) is 4.98 Å². The summed E-state index contributed by atoms with van der Waals surface area (Å²) in [5.41, 5.74) is 0.815. The molecule has 2 aromatic carbocycles. The molecule has 124 valence electrons. The summed E-state index contributed by atoms with van der Waals surface area (Å²) in [6.45, 7) is 0. The van der Waals surface area contributed by atoms with Crippen LogP contribution in [0.15, 0.2) is 50.1 Å². The van der Waals surface area contributed by atoms with E-state index in [1.165, 1.54) is 18.2 Å². The molecule has 0 atom stereocenters. The number of nitrogens with one attached hydrogen (secondary N) is 1. The number of nitro groups is 1. The predicted molar refractivity (Wildman–Crippen MR) is 96.9 cm³/mol. The monoisotopic (exact) mass is 419 g/mol. The number of nitro benzene ring substituents is 1. The molecule has 4 rings (SSSR count). The Labute approximate surface area is 152 Å². The normalized spacial score (nSPS) is 11.3. The molecule has 2 aromatic heterocycles. The van der Waals surface area contributed by atoms with Crippen molar-refractivity contribution in [1.29, 1.82) is 0 Å². The Balaban J connectivity index is 2.00. The molecule has 0 amide bonds. The maximum atomic E-state index is 12.4. The van der Waals surface area contributed by atoms with Gasteiger partial charge in [0.1, 0.15) is 16.9 Å². The fourth-order valence-electron chi connectivity index (χ4n) is 2.56. The molecule has 0 aliphatic heterocycles. The predicted octanol–water partition coefficient (Wildman–Crippen LogP) is 4.66. The molecule has 2 heterocycles. The highest BCUT2D eigenvalue weighted by atomic mass is 79.9. The molecule has 0 bridgehead atoms. The molecule has 0 aliphatic carbocycles. The smallest absolute Gasteiger partial charge is 0.294 e. The lowest BCUT2D eigenvalue weighted by Gasteiger charge is -2.03. The molecule has 0 saturated carbocycles. The Morgan fingerprint density at radius 3 is 2.76 bits per heavy atom. The molecule has 0 aliphatic rings. The van der Waals surface area contributed by atoms with Crippen LogP contribution in [0.2, 0.25) is 5.02 Å². The van der Waals surface area contributed by atoms with Crippen molar-refractivity contribution in [2.45, 2.75) is 0 Å². The van der Waals surface area contributed by atoms with Gasteiger partial charge in [-0.3, -0.25) is 14.9 Å². The number of fused-ring (bicyclic) bond motifs is 3. The summed E-state index contributed by atoms with van der Waals surface area (Å²) in [6.07, 6.45) is 0. The van der Waals surface area contributed by atoms with Crippen molar-refractivity contribution >= 4 is 55.3 Å².